The summed E-state index contributed by atoms with van der Waals surface area (Å²) in [5, 5.41) is 10.4. The molecule has 0 bridgehead atoms. The number of benzene rings is 2. The Morgan fingerprint density at radius 3 is 2.78 bits per heavy atom. The Labute approximate surface area is 151 Å². The van der Waals surface area contributed by atoms with Crippen molar-refractivity contribution in [1.29, 1.82) is 0 Å². The molecule has 0 fully saturated rings. The predicted octanol–water partition coefficient (Wildman–Crippen LogP) is 3.81. The van der Waals surface area contributed by atoms with Crippen molar-refractivity contribution < 1.29 is 4.79 Å². The van der Waals surface area contributed by atoms with Crippen molar-refractivity contribution in [3.8, 4) is 11.4 Å². The van der Waals surface area contributed by atoms with Crippen LogP contribution >= 0.6 is 34.4 Å². The molecular formula is C16H13IN4OS. The Hall–Kier alpha value is -1.87. The van der Waals surface area contributed by atoms with Crippen LogP contribution in [0.15, 0.2) is 59.8 Å². The van der Waals surface area contributed by atoms with Gasteiger partial charge in [0.25, 0.3) is 0 Å². The Balaban J connectivity index is 1.56. The van der Waals surface area contributed by atoms with E-state index in [-0.39, 0.29) is 11.7 Å². The van der Waals surface area contributed by atoms with Crippen LogP contribution in [-0.4, -0.2) is 26.8 Å². The molecule has 1 aromatic heterocycles. The number of carbonyl (C=O) groups is 1. The minimum Gasteiger partial charge on any atom is -0.325 e. The molecule has 0 spiro atoms. The van der Waals surface area contributed by atoms with E-state index in [9.17, 15) is 4.79 Å². The lowest BCUT2D eigenvalue weighted by Crippen LogP contribution is -2.14. The van der Waals surface area contributed by atoms with Gasteiger partial charge >= 0.3 is 0 Å². The molecule has 116 valence electrons. The summed E-state index contributed by atoms with van der Waals surface area (Å²) in [5.74, 6) is 0.881. The van der Waals surface area contributed by atoms with Crippen molar-refractivity contribution in [2.24, 2.45) is 0 Å². The first-order valence-electron chi connectivity index (χ1n) is 6.87. The number of aromatic amines is 1. The molecule has 0 aliphatic carbocycles. The van der Waals surface area contributed by atoms with Gasteiger partial charge in [-0.05, 0) is 40.8 Å². The molecule has 3 rings (SSSR count). The SMILES string of the molecule is O=C(CSc1n[nH]c(-c2ccccc2)n1)Nc1cccc(I)c1. The molecule has 1 heterocycles. The maximum atomic E-state index is 12.0. The minimum atomic E-state index is -0.0805. The van der Waals surface area contributed by atoms with E-state index in [1.54, 1.807) is 0 Å². The maximum absolute atomic E-state index is 12.0. The van der Waals surface area contributed by atoms with Crippen LogP contribution in [0.4, 0.5) is 5.69 Å². The van der Waals surface area contributed by atoms with Gasteiger partial charge in [-0.2, -0.15) is 0 Å². The molecular weight excluding hydrogens is 423 g/mol. The molecule has 2 N–H and O–H groups in total. The summed E-state index contributed by atoms with van der Waals surface area (Å²) in [6, 6.07) is 17.4. The number of rotatable bonds is 5. The monoisotopic (exact) mass is 436 g/mol. The third-order valence-electron chi connectivity index (χ3n) is 2.95. The number of carbonyl (C=O) groups excluding carboxylic acids is 1. The van der Waals surface area contributed by atoms with Gasteiger partial charge in [-0.3, -0.25) is 9.89 Å². The molecule has 23 heavy (non-hydrogen) atoms. The summed E-state index contributed by atoms with van der Waals surface area (Å²) < 4.78 is 1.08. The second kappa shape index (κ2) is 7.60. The van der Waals surface area contributed by atoms with Crippen molar-refractivity contribution in [2.45, 2.75) is 5.16 Å². The van der Waals surface area contributed by atoms with Crippen LogP contribution in [-0.2, 0) is 4.79 Å². The van der Waals surface area contributed by atoms with E-state index in [0.29, 0.717) is 11.0 Å². The molecule has 0 aliphatic heterocycles. The molecule has 0 aliphatic rings. The quantitative estimate of drug-likeness (QED) is 0.472. The zero-order valence-electron chi connectivity index (χ0n) is 12.0. The second-order valence-corrected chi connectivity index (χ2v) is 6.87. The largest absolute Gasteiger partial charge is 0.325 e. The van der Waals surface area contributed by atoms with Gasteiger partial charge in [0.15, 0.2) is 5.82 Å². The van der Waals surface area contributed by atoms with E-state index in [1.165, 1.54) is 11.8 Å². The maximum Gasteiger partial charge on any atom is 0.234 e. The first-order chi connectivity index (χ1) is 11.2. The molecule has 3 aromatic rings. The van der Waals surface area contributed by atoms with Crippen molar-refractivity contribution in [3.63, 3.8) is 0 Å². The Morgan fingerprint density at radius 1 is 1.17 bits per heavy atom. The fourth-order valence-electron chi connectivity index (χ4n) is 1.93. The summed E-state index contributed by atoms with van der Waals surface area (Å²) in [4.78, 5) is 16.4. The lowest BCUT2D eigenvalue weighted by molar-refractivity contribution is -0.113. The second-order valence-electron chi connectivity index (χ2n) is 4.68. The molecule has 1 amide bonds. The number of aromatic nitrogens is 3. The first kappa shape index (κ1) is 16.0. The van der Waals surface area contributed by atoms with Gasteiger partial charge in [0.1, 0.15) is 0 Å². The van der Waals surface area contributed by atoms with Crippen LogP contribution in [0.5, 0.6) is 0 Å². The fraction of sp³-hybridized carbons (Fsp3) is 0.0625. The number of hydrogen-bond acceptors (Lipinski definition) is 4. The van der Waals surface area contributed by atoms with E-state index in [2.05, 4.69) is 43.1 Å². The smallest absolute Gasteiger partial charge is 0.234 e. The molecule has 0 saturated heterocycles. The van der Waals surface area contributed by atoms with E-state index in [0.717, 1.165) is 14.8 Å². The van der Waals surface area contributed by atoms with Crippen molar-refractivity contribution in [1.82, 2.24) is 15.2 Å². The fourth-order valence-corrected chi connectivity index (χ4v) is 3.07. The van der Waals surface area contributed by atoms with E-state index < -0.39 is 0 Å². The lowest BCUT2D eigenvalue weighted by Gasteiger charge is -2.04. The lowest BCUT2D eigenvalue weighted by atomic mass is 10.2. The number of hydrogen-bond donors (Lipinski definition) is 2. The average Bonchev–Trinajstić information content (AvgIpc) is 3.03. The average molecular weight is 436 g/mol. The van der Waals surface area contributed by atoms with Gasteiger partial charge in [0.2, 0.25) is 11.1 Å². The van der Waals surface area contributed by atoms with Gasteiger partial charge in [0, 0.05) is 14.8 Å². The van der Waals surface area contributed by atoms with E-state index in [1.807, 2.05) is 54.6 Å². The van der Waals surface area contributed by atoms with Crippen LogP contribution in [0.25, 0.3) is 11.4 Å². The van der Waals surface area contributed by atoms with E-state index in [4.69, 9.17) is 0 Å². The van der Waals surface area contributed by atoms with E-state index >= 15 is 0 Å². The summed E-state index contributed by atoms with van der Waals surface area (Å²) >= 11 is 3.51. The number of H-pyrrole nitrogens is 1. The Morgan fingerprint density at radius 2 is 2.00 bits per heavy atom. The Kier molecular flexibility index (Phi) is 5.29. The molecule has 0 saturated carbocycles. The van der Waals surface area contributed by atoms with Gasteiger partial charge < -0.3 is 5.32 Å². The highest BCUT2D eigenvalue weighted by molar-refractivity contribution is 14.1. The number of halogens is 1. The molecule has 0 unspecified atom stereocenters. The Bertz CT molecular complexity index is 807. The van der Waals surface area contributed by atoms with Gasteiger partial charge in [-0.25, -0.2) is 4.98 Å². The molecule has 5 nitrogen and oxygen atoms in total. The molecule has 7 heteroatoms. The zero-order chi connectivity index (χ0) is 16.1. The zero-order valence-corrected chi connectivity index (χ0v) is 15.0. The highest BCUT2D eigenvalue weighted by Gasteiger charge is 2.09. The van der Waals surface area contributed by atoms with Gasteiger partial charge in [-0.1, -0.05) is 48.2 Å². The number of nitrogens with one attached hydrogen (secondary N) is 2. The molecule has 2 aromatic carbocycles. The molecule has 0 radical (unpaired) electrons. The summed E-state index contributed by atoms with van der Waals surface area (Å²) in [7, 11) is 0. The number of thioether (sulfide) groups is 1. The topological polar surface area (TPSA) is 70.7 Å². The highest BCUT2D eigenvalue weighted by atomic mass is 127. The first-order valence-corrected chi connectivity index (χ1v) is 8.93. The van der Waals surface area contributed by atoms with Gasteiger partial charge in [-0.15, -0.1) is 5.10 Å². The normalized spacial score (nSPS) is 10.5. The number of anilines is 1. The van der Waals surface area contributed by atoms with Crippen molar-refractivity contribution in [2.75, 3.05) is 11.1 Å². The van der Waals surface area contributed by atoms with Crippen LogP contribution in [0.1, 0.15) is 0 Å². The summed E-state index contributed by atoms with van der Waals surface area (Å²) in [5.41, 5.74) is 1.76. The van der Waals surface area contributed by atoms with Crippen LogP contribution in [0, 0.1) is 3.57 Å². The third kappa shape index (κ3) is 4.55. The highest BCUT2D eigenvalue weighted by Crippen LogP contribution is 2.19. The van der Waals surface area contributed by atoms with Crippen molar-refractivity contribution >= 4 is 45.9 Å². The molecule has 0 atom stereocenters. The van der Waals surface area contributed by atoms with Gasteiger partial charge in [0.05, 0.1) is 5.75 Å². The minimum absolute atomic E-state index is 0.0805. The van der Waals surface area contributed by atoms with Crippen molar-refractivity contribution in [3.05, 3.63) is 58.2 Å². The summed E-state index contributed by atoms with van der Waals surface area (Å²) in [6.45, 7) is 0. The van der Waals surface area contributed by atoms with Crippen LogP contribution < -0.4 is 5.32 Å². The predicted molar refractivity (Wildman–Crippen MR) is 100 cm³/mol. The van der Waals surface area contributed by atoms with Crippen LogP contribution in [0.2, 0.25) is 0 Å². The summed E-state index contributed by atoms with van der Waals surface area (Å²) in [6.07, 6.45) is 0. The van der Waals surface area contributed by atoms with Crippen LogP contribution in [0.3, 0.4) is 0 Å². The third-order valence-corrected chi connectivity index (χ3v) is 4.47. The number of nitrogens with zero attached hydrogens (tertiary/aromatic N) is 2. The standard InChI is InChI=1S/C16H13IN4OS/c17-12-7-4-8-13(9-12)18-14(22)10-23-16-19-15(20-21-16)11-5-2-1-3-6-11/h1-9H,10H2,(H,18,22)(H,19,20,21). The number of amides is 1.